The normalized spacial score (nSPS) is 11.8. The van der Waals surface area contributed by atoms with E-state index in [1.165, 1.54) is 7.05 Å². The summed E-state index contributed by atoms with van der Waals surface area (Å²) in [5, 5.41) is 2.25. The van der Waals surface area contributed by atoms with E-state index in [4.69, 9.17) is 0 Å². The average Bonchev–Trinajstić information content (AvgIpc) is 2.02. The second kappa shape index (κ2) is 3.96. The lowest BCUT2D eigenvalue weighted by Crippen LogP contribution is -2.28. The number of alkyl halides is 2. The number of hydrogen-bond donors (Lipinski definition) is 1. The van der Waals surface area contributed by atoms with Gasteiger partial charge in [-0.3, -0.25) is 0 Å². The van der Waals surface area contributed by atoms with Gasteiger partial charge in [0, 0.05) is 11.6 Å². The van der Waals surface area contributed by atoms with E-state index in [2.05, 4.69) is 5.32 Å². The topological polar surface area (TPSA) is 12.0 Å². The van der Waals surface area contributed by atoms with Gasteiger partial charge >= 0.3 is 0 Å². The molecule has 1 aromatic carbocycles. The molecule has 0 heterocycles. The predicted octanol–water partition coefficient (Wildman–Crippen LogP) is 2.28. The quantitative estimate of drug-likeness (QED) is 0.750. The molecule has 0 saturated heterocycles. The van der Waals surface area contributed by atoms with Gasteiger partial charge in [-0.05, 0) is 19.2 Å². The lowest BCUT2D eigenvalue weighted by Gasteiger charge is -2.16. The van der Waals surface area contributed by atoms with E-state index in [-0.39, 0.29) is 0 Å². The molecule has 0 saturated carbocycles. The standard InChI is InChI=1S/C9H9F4N/c1-14-5-9(12,13)6-2-7(10)4-8(11)3-6/h2-4,14H,5H2,1H3. The molecule has 78 valence electrons. The third-order valence-electron chi connectivity index (χ3n) is 1.68. The van der Waals surface area contributed by atoms with Crippen molar-refractivity contribution in [2.24, 2.45) is 0 Å². The molecule has 1 nitrogen and oxygen atoms in total. The minimum Gasteiger partial charge on any atom is -0.314 e. The molecule has 0 radical (unpaired) electrons. The maximum atomic E-state index is 13.1. The first kappa shape index (κ1) is 11.0. The van der Waals surface area contributed by atoms with Crippen molar-refractivity contribution in [3.8, 4) is 0 Å². The van der Waals surface area contributed by atoms with Gasteiger partial charge in [-0.15, -0.1) is 0 Å². The van der Waals surface area contributed by atoms with E-state index in [0.717, 1.165) is 0 Å². The molecule has 1 aromatic rings. The Labute approximate surface area is 78.7 Å². The van der Waals surface area contributed by atoms with Crippen molar-refractivity contribution < 1.29 is 17.6 Å². The molecule has 0 aliphatic heterocycles. The number of benzene rings is 1. The molecule has 0 spiro atoms. The van der Waals surface area contributed by atoms with Crippen molar-refractivity contribution in [1.29, 1.82) is 0 Å². The lowest BCUT2D eigenvalue weighted by atomic mass is 10.1. The van der Waals surface area contributed by atoms with Crippen LogP contribution < -0.4 is 5.32 Å². The fourth-order valence-corrected chi connectivity index (χ4v) is 1.09. The van der Waals surface area contributed by atoms with Crippen molar-refractivity contribution in [2.45, 2.75) is 5.92 Å². The van der Waals surface area contributed by atoms with Crippen LogP contribution in [0.5, 0.6) is 0 Å². The van der Waals surface area contributed by atoms with Crippen molar-refractivity contribution in [3.63, 3.8) is 0 Å². The van der Waals surface area contributed by atoms with Crippen LogP contribution in [0.3, 0.4) is 0 Å². The van der Waals surface area contributed by atoms with Crippen LogP contribution in [0.15, 0.2) is 18.2 Å². The fourth-order valence-electron chi connectivity index (χ4n) is 1.09. The van der Waals surface area contributed by atoms with Gasteiger partial charge in [0.05, 0.1) is 6.54 Å². The van der Waals surface area contributed by atoms with Crippen LogP contribution >= 0.6 is 0 Å². The van der Waals surface area contributed by atoms with Crippen LogP contribution in [0.1, 0.15) is 5.56 Å². The van der Waals surface area contributed by atoms with Gasteiger partial charge in [0.1, 0.15) is 11.6 Å². The van der Waals surface area contributed by atoms with E-state index in [1.807, 2.05) is 0 Å². The predicted molar refractivity (Wildman–Crippen MR) is 44.2 cm³/mol. The zero-order valence-electron chi connectivity index (χ0n) is 7.45. The molecule has 5 heteroatoms. The molecule has 1 rings (SSSR count). The van der Waals surface area contributed by atoms with Crippen LogP contribution in [-0.4, -0.2) is 13.6 Å². The van der Waals surface area contributed by atoms with Crippen molar-refractivity contribution in [1.82, 2.24) is 5.32 Å². The Kier molecular flexibility index (Phi) is 3.10. The highest BCUT2D eigenvalue weighted by Gasteiger charge is 2.31. The largest absolute Gasteiger partial charge is 0.314 e. The molecule has 0 amide bonds. The lowest BCUT2D eigenvalue weighted by molar-refractivity contribution is -0.00185. The van der Waals surface area contributed by atoms with Crippen molar-refractivity contribution in [3.05, 3.63) is 35.4 Å². The van der Waals surface area contributed by atoms with Crippen LogP contribution in [0.4, 0.5) is 17.6 Å². The molecule has 0 unspecified atom stereocenters. The molecular formula is C9H9F4N. The summed E-state index contributed by atoms with van der Waals surface area (Å²) in [6.45, 7) is -0.657. The van der Waals surface area contributed by atoms with Crippen LogP contribution in [0.2, 0.25) is 0 Å². The van der Waals surface area contributed by atoms with Gasteiger partial charge in [0.2, 0.25) is 0 Å². The Morgan fingerprint density at radius 3 is 2.07 bits per heavy atom. The Hall–Kier alpha value is -1.10. The first-order chi connectivity index (χ1) is 6.45. The van der Waals surface area contributed by atoms with Gasteiger partial charge in [0.15, 0.2) is 0 Å². The van der Waals surface area contributed by atoms with E-state index in [9.17, 15) is 17.6 Å². The summed E-state index contributed by atoms with van der Waals surface area (Å²) in [7, 11) is 1.34. The minimum atomic E-state index is -3.27. The Morgan fingerprint density at radius 2 is 1.64 bits per heavy atom. The smallest absolute Gasteiger partial charge is 0.285 e. The minimum absolute atomic E-state index is 0.555. The first-order valence-corrected chi connectivity index (χ1v) is 3.95. The number of hydrogen-bond acceptors (Lipinski definition) is 1. The summed E-state index contributed by atoms with van der Waals surface area (Å²) < 4.78 is 51.5. The van der Waals surface area contributed by atoms with Gasteiger partial charge in [0.25, 0.3) is 5.92 Å². The molecule has 0 fully saturated rings. The second-order valence-corrected chi connectivity index (χ2v) is 2.89. The number of likely N-dealkylation sites (N-methyl/N-ethyl adjacent to an activating group) is 1. The van der Waals surface area contributed by atoms with Crippen LogP contribution in [0, 0.1) is 11.6 Å². The van der Waals surface area contributed by atoms with E-state index in [1.54, 1.807) is 0 Å². The molecule has 0 aliphatic carbocycles. The van der Waals surface area contributed by atoms with E-state index in [0.29, 0.717) is 18.2 Å². The summed E-state index contributed by atoms with van der Waals surface area (Å²) in [6, 6.07) is 1.81. The summed E-state index contributed by atoms with van der Waals surface area (Å²) in [6.07, 6.45) is 0. The average molecular weight is 207 g/mol. The molecule has 0 aliphatic rings. The zero-order chi connectivity index (χ0) is 10.8. The molecule has 0 atom stereocenters. The molecular weight excluding hydrogens is 198 g/mol. The zero-order valence-corrected chi connectivity index (χ0v) is 7.45. The number of rotatable bonds is 3. The highest BCUT2D eigenvalue weighted by Crippen LogP contribution is 2.28. The van der Waals surface area contributed by atoms with Gasteiger partial charge in [-0.25, -0.2) is 8.78 Å². The molecule has 0 bridgehead atoms. The van der Waals surface area contributed by atoms with Crippen molar-refractivity contribution >= 4 is 0 Å². The third kappa shape index (κ3) is 2.45. The maximum absolute atomic E-state index is 13.1. The van der Waals surface area contributed by atoms with Crippen molar-refractivity contribution in [2.75, 3.05) is 13.6 Å². The van der Waals surface area contributed by atoms with E-state index >= 15 is 0 Å². The first-order valence-electron chi connectivity index (χ1n) is 3.95. The number of nitrogens with one attached hydrogen (secondary N) is 1. The maximum Gasteiger partial charge on any atom is 0.285 e. The van der Waals surface area contributed by atoms with E-state index < -0.39 is 29.7 Å². The van der Waals surface area contributed by atoms with Crippen LogP contribution in [-0.2, 0) is 5.92 Å². The SMILES string of the molecule is CNCC(F)(F)c1cc(F)cc(F)c1. The molecule has 14 heavy (non-hydrogen) atoms. The fraction of sp³-hybridized carbons (Fsp3) is 0.333. The van der Waals surface area contributed by atoms with Gasteiger partial charge < -0.3 is 5.32 Å². The summed E-state index contributed by atoms with van der Waals surface area (Å²) in [5.74, 6) is -5.27. The Bertz CT molecular complexity index is 304. The van der Waals surface area contributed by atoms with Gasteiger partial charge in [-0.2, -0.15) is 8.78 Å². The molecule has 0 aromatic heterocycles. The number of halogens is 4. The summed E-state index contributed by atoms with van der Waals surface area (Å²) in [4.78, 5) is 0. The Balaban J connectivity index is 3.05. The highest BCUT2D eigenvalue weighted by atomic mass is 19.3. The van der Waals surface area contributed by atoms with Gasteiger partial charge in [-0.1, -0.05) is 0 Å². The third-order valence-corrected chi connectivity index (χ3v) is 1.68. The second-order valence-electron chi connectivity index (χ2n) is 2.89. The monoisotopic (exact) mass is 207 g/mol. The molecule has 1 N–H and O–H groups in total. The highest BCUT2D eigenvalue weighted by molar-refractivity contribution is 5.22. The summed E-state index contributed by atoms with van der Waals surface area (Å²) in [5.41, 5.74) is -0.663. The Morgan fingerprint density at radius 1 is 1.14 bits per heavy atom. The van der Waals surface area contributed by atoms with Crippen LogP contribution in [0.25, 0.3) is 0 Å². The summed E-state index contributed by atoms with van der Waals surface area (Å²) >= 11 is 0.